The van der Waals surface area contributed by atoms with Crippen molar-refractivity contribution in [1.82, 2.24) is 15.6 Å². The lowest BCUT2D eigenvalue weighted by atomic mass is 9.87. The van der Waals surface area contributed by atoms with Gasteiger partial charge in [-0.05, 0) is 25.0 Å². The zero-order valence-electron chi connectivity index (χ0n) is 13.2. The molecule has 1 saturated heterocycles. The Morgan fingerprint density at radius 2 is 2.22 bits per heavy atom. The van der Waals surface area contributed by atoms with Crippen molar-refractivity contribution >= 4 is 41.5 Å². The number of aliphatic imine (C=N–C) groups is 1. The van der Waals surface area contributed by atoms with Crippen LogP contribution in [0.5, 0.6) is 0 Å². The molecule has 1 aromatic heterocycles. The molecule has 1 fully saturated rings. The molecule has 0 unspecified atom stereocenters. The summed E-state index contributed by atoms with van der Waals surface area (Å²) in [5.41, 5.74) is 0.912. The second-order valence-corrected chi connectivity index (χ2v) is 5.90. The van der Waals surface area contributed by atoms with E-state index in [0.29, 0.717) is 24.9 Å². The average Bonchev–Trinajstić information content (AvgIpc) is 2.48. The number of nitrogens with zero attached hydrogens (tertiary/aromatic N) is 2. The van der Waals surface area contributed by atoms with E-state index in [4.69, 9.17) is 16.3 Å². The third-order valence-corrected chi connectivity index (χ3v) is 3.79. The number of aliphatic hydroxyl groups excluding tert-OH is 1. The zero-order chi connectivity index (χ0) is 15.8. The van der Waals surface area contributed by atoms with Crippen LogP contribution < -0.4 is 10.6 Å². The highest BCUT2D eigenvalue weighted by atomic mass is 127. The highest BCUT2D eigenvalue weighted by Crippen LogP contribution is 2.26. The summed E-state index contributed by atoms with van der Waals surface area (Å²) in [4.78, 5) is 8.60. The van der Waals surface area contributed by atoms with Gasteiger partial charge in [0.2, 0.25) is 0 Å². The minimum Gasteiger partial charge on any atom is -0.396 e. The maximum absolute atomic E-state index is 9.42. The number of aromatic nitrogens is 1. The summed E-state index contributed by atoms with van der Waals surface area (Å²) in [6, 6.07) is 3.76. The van der Waals surface area contributed by atoms with Gasteiger partial charge in [0.05, 0.1) is 31.8 Å². The Balaban J connectivity index is 0.00000264. The molecule has 0 saturated carbocycles. The smallest absolute Gasteiger partial charge is 0.191 e. The monoisotopic (exact) mass is 454 g/mol. The fraction of sp³-hybridized carbons (Fsp3) is 0.600. The molecular weight excluding hydrogens is 431 g/mol. The lowest BCUT2D eigenvalue weighted by Gasteiger charge is -2.38. The van der Waals surface area contributed by atoms with Gasteiger partial charge in [-0.3, -0.25) is 4.99 Å². The lowest BCUT2D eigenvalue weighted by molar-refractivity contribution is -0.130. The van der Waals surface area contributed by atoms with Gasteiger partial charge in [0.25, 0.3) is 0 Å². The van der Waals surface area contributed by atoms with E-state index >= 15 is 0 Å². The van der Waals surface area contributed by atoms with Crippen LogP contribution in [0.25, 0.3) is 0 Å². The van der Waals surface area contributed by atoms with Crippen LogP contribution in [-0.2, 0) is 11.2 Å². The Morgan fingerprint density at radius 1 is 1.43 bits per heavy atom. The normalized spacial score (nSPS) is 16.2. The van der Waals surface area contributed by atoms with Crippen molar-refractivity contribution in [3.8, 4) is 0 Å². The average molecular weight is 455 g/mol. The van der Waals surface area contributed by atoms with Gasteiger partial charge in [0, 0.05) is 19.3 Å². The van der Waals surface area contributed by atoms with Gasteiger partial charge >= 0.3 is 0 Å². The summed E-state index contributed by atoms with van der Waals surface area (Å²) in [7, 11) is 0. The summed E-state index contributed by atoms with van der Waals surface area (Å²) in [5.74, 6) is 0.754. The number of aliphatic hydroxyl groups is 1. The quantitative estimate of drug-likeness (QED) is 0.252. The van der Waals surface area contributed by atoms with Crippen LogP contribution in [0.1, 0.15) is 12.5 Å². The first-order valence-corrected chi connectivity index (χ1v) is 7.86. The summed E-state index contributed by atoms with van der Waals surface area (Å²) in [6.45, 7) is 5.36. The second kappa shape index (κ2) is 10.3. The third kappa shape index (κ3) is 6.40. The van der Waals surface area contributed by atoms with E-state index in [9.17, 15) is 5.11 Å². The number of rotatable bonds is 7. The highest BCUT2D eigenvalue weighted by Gasteiger charge is 2.37. The van der Waals surface area contributed by atoms with E-state index in [0.717, 1.165) is 31.0 Å². The molecule has 130 valence electrons. The summed E-state index contributed by atoms with van der Waals surface area (Å²) in [6.07, 6.45) is 2.61. The molecule has 1 aromatic rings. The van der Waals surface area contributed by atoms with E-state index in [-0.39, 0.29) is 36.0 Å². The Morgan fingerprint density at radius 3 is 2.74 bits per heavy atom. The maximum atomic E-state index is 9.42. The van der Waals surface area contributed by atoms with Crippen molar-refractivity contribution in [2.24, 2.45) is 10.4 Å². The fourth-order valence-electron chi connectivity index (χ4n) is 2.09. The van der Waals surface area contributed by atoms with Crippen molar-refractivity contribution < 1.29 is 9.84 Å². The van der Waals surface area contributed by atoms with E-state index in [1.54, 1.807) is 12.3 Å². The molecule has 0 aliphatic carbocycles. The molecule has 2 rings (SSSR count). The molecule has 3 N–H and O–H groups in total. The van der Waals surface area contributed by atoms with E-state index in [1.807, 2.05) is 13.0 Å². The minimum atomic E-state index is -0.206. The highest BCUT2D eigenvalue weighted by molar-refractivity contribution is 14.0. The maximum Gasteiger partial charge on any atom is 0.191 e. The standard InChI is InChI=1S/C15H23ClN4O2.HI/c1-2-17-14(20-8-15(9-21)10-22-11-15)18-6-5-12-3-4-13(16)19-7-12;/h3-4,7,21H,2,5-6,8-11H2,1H3,(H2,17,18,20);1H. The van der Waals surface area contributed by atoms with Crippen LogP contribution in [0.2, 0.25) is 5.15 Å². The molecule has 0 spiro atoms. The molecule has 1 aliphatic heterocycles. The minimum absolute atomic E-state index is 0. The number of ether oxygens (including phenoxy) is 1. The van der Waals surface area contributed by atoms with Crippen LogP contribution in [0.15, 0.2) is 23.3 Å². The largest absolute Gasteiger partial charge is 0.396 e. The van der Waals surface area contributed by atoms with Crippen molar-refractivity contribution in [3.05, 3.63) is 29.0 Å². The number of halogens is 2. The second-order valence-electron chi connectivity index (χ2n) is 5.51. The Labute approximate surface area is 159 Å². The molecule has 0 aromatic carbocycles. The molecular formula is C15H24ClIN4O2. The zero-order valence-corrected chi connectivity index (χ0v) is 16.3. The van der Waals surface area contributed by atoms with Crippen LogP contribution in [0, 0.1) is 5.41 Å². The van der Waals surface area contributed by atoms with Gasteiger partial charge in [-0.15, -0.1) is 24.0 Å². The number of hydrogen-bond acceptors (Lipinski definition) is 4. The van der Waals surface area contributed by atoms with E-state index < -0.39 is 0 Å². The summed E-state index contributed by atoms with van der Waals surface area (Å²) in [5, 5.41) is 16.4. The third-order valence-electron chi connectivity index (χ3n) is 3.56. The van der Waals surface area contributed by atoms with Crippen LogP contribution in [0.3, 0.4) is 0 Å². The number of guanidine groups is 1. The topological polar surface area (TPSA) is 78.8 Å². The molecule has 2 heterocycles. The summed E-state index contributed by atoms with van der Waals surface area (Å²) < 4.78 is 5.18. The SMILES string of the molecule is CCNC(=NCC1(CO)COC1)NCCc1ccc(Cl)nc1.I. The number of nitrogens with one attached hydrogen (secondary N) is 2. The first-order chi connectivity index (χ1) is 10.7. The van der Waals surface area contributed by atoms with Crippen LogP contribution in [-0.4, -0.2) is 55.5 Å². The number of pyridine rings is 1. The Bertz CT molecular complexity index is 489. The molecule has 0 radical (unpaired) electrons. The lowest BCUT2D eigenvalue weighted by Crippen LogP contribution is -2.49. The molecule has 0 amide bonds. The first-order valence-electron chi connectivity index (χ1n) is 7.49. The van der Waals surface area contributed by atoms with Crippen LogP contribution >= 0.6 is 35.6 Å². The predicted molar refractivity (Wildman–Crippen MR) is 103 cm³/mol. The molecule has 1 aliphatic rings. The molecule has 8 heteroatoms. The number of hydrogen-bond donors (Lipinski definition) is 3. The van der Waals surface area contributed by atoms with Crippen molar-refractivity contribution in [1.29, 1.82) is 0 Å². The summed E-state index contributed by atoms with van der Waals surface area (Å²) >= 11 is 5.77. The van der Waals surface area contributed by atoms with Gasteiger partial charge in [-0.1, -0.05) is 17.7 Å². The van der Waals surface area contributed by atoms with Crippen LogP contribution in [0.4, 0.5) is 0 Å². The Kier molecular flexibility index (Phi) is 9.11. The van der Waals surface area contributed by atoms with Gasteiger partial charge in [0.1, 0.15) is 5.15 Å². The van der Waals surface area contributed by atoms with Crippen molar-refractivity contribution in [2.75, 3.05) is 39.5 Å². The first kappa shape index (κ1) is 20.4. The van der Waals surface area contributed by atoms with Crippen molar-refractivity contribution in [2.45, 2.75) is 13.3 Å². The van der Waals surface area contributed by atoms with Crippen molar-refractivity contribution in [3.63, 3.8) is 0 Å². The molecule has 0 atom stereocenters. The molecule has 0 bridgehead atoms. The van der Waals surface area contributed by atoms with E-state index in [1.165, 1.54) is 0 Å². The Hall–Kier alpha value is -0.640. The van der Waals surface area contributed by atoms with Gasteiger partial charge in [-0.25, -0.2) is 4.98 Å². The van der Waals surface area contributed by atoms with Gasteiger partial charge in [-0.2, -0.15) is 0 Å². The molecule has 6 nitrogen and oxygen atoms in total. The van der Waals surface area contributed by atoms with Gasteiger partial charge in [0.15, 0.2) is 5.96 Å². The van der Waals surface area contributed by atoms with Gasteiger partial charge < -0.3 is 20.5 Å². The van der Waals surface area contributed by atoms with E-state index in [2.05, 4.69) is 20.6 Å². The predicted octanol–water partition coefficient (Wildman–Crippen LogP) is 1.46. The molecule has 23 heavy (non-hydrogen) atoms. The fourth-order valence-corrected chi connectivity index (χ4v) is 2.20.